The topological polar surface area (TPSA) is 51.2 Å². The first-order valence-electron chi connectivity index (χ1n) is 5.74. The van der Waals surface area contributed by atoms with Gasteiger partial charge in [-0.25, -0.2) is 4.98 Å². The minimum absolute atomic E-state index is 0.128. The Hall–Kier alpha value is -0.940. The molecular formula is C12H15BrN2O2. The van der Waals surface area contributed by atoms with Gasteiger partial charge >= 0.3 is 0 Å². The van der Waals surface area contributed by atoms with Crippen LogP contribution in [0.15, 0.2) is 22.8 Å². The molecule has 0 saturated carbocycles. The summed E-state index contributed by atoms with van der Waals surface area (Å²) < 4.78 is 6.04. The molecule has 5 heteroatoms. The monoisotopic (exact) mass is 298 g/mol. The molecule has 1 saturated heterocycles. The molecule has 1 aliphatic heterocycles. The van der Waals surface area contributed by atoms with E-state index >= 15 is 0 Å². The molecule has 0 spiro atoms. The standard InChI is InChI=1S/C12H15BrN2O2/c13-11-5-1-4-10(15-11)12(16)14-7-9-3-2-6-17-8-9/h1,4-5,9H,2-3,6-8H2,(H,14,16). The van der Waals surface area contributed by atoms with Gasteiger partial charge in [-0.15, -0.1) is 0 Å². The molecule has 1 aromatic heterocycles. The van der Waals surface area contributed by atoms with Gasteiger partial charge in [0.2, 0.25) is 0 Å². The number of carbonyl (C=O) groups excluding carboxylic acids is 1. The lowest BCUT2D eigenvalue weighted by Crippen LogP contribution is -2.33. The Morgan fingerprint density at radius 2 is 2.47 bits per heavy atom. The molecule has 1 aromatic rings. The molecule has 1 atom stereocenters. The quantitative estimate of drug-likeness (QED) is 0.869. The van der Waals surface area contributed by atoms with Gasteiger partial charge in [0, 0.05) is 13.2 Å². The Kier molecular flexibility index (Phi) is 4.50. The van der Waals surface area contributed by atoms with E-state index in [-0.39, 0.29) is 5.91 Å². The Balaban J connectivity index is 1.84. The molecule has 1 aliphatic rings. The molecule has 2 heterocycles. The summed E-state index contributed by atoms with van der Waals surface area (Å²) in [7, 11) is 0. The van der Waals surface area contributed by atoms with Gasteiger partial charge in [0.25, 0.3) is 5.91 Å². The molecule has 0 aromatic carbocycles. The third-order valence-electron chi connectivity index (χ3n) is 2.75. The van der Waals surface area contributed by atoms with E-state index in [1.54, 1.807) is 18.2 Å². The summed E-state index contributed by atoms with van der Waals surface area (Å²) >= 11 is 3.25. The van der Waals surface area contributed by atoms with Crippen molar-refractivity contribution in [2.45, 2.75) is 12.8 Å². The van der Waals surface area contributed by atoms with Crippen LogP contribution in [-0.2, 0) is 4.74 Å². The van der Waals surface area contributed by atoms with Gasteiger partial charge in [0.1, 0.15) is 10.3 Å². The number of rotatable bonds is 3. The number of hydrogen-bond donors (Lipinski definition) is 1. The molecule has 17 heavy (non-hydrogen) atoms. The van der Waals surface area contributed by atoms with Crippen molar-refractivity contribution in [2.24, 2.45) is 5.92 Å². The van der Waals surface area contributed by atoms with Gasteiger partial charge in [0.05, 0.1) is 6.61 Å². The van der Waals surface area contributed by atoms with Crippen LogP contribution in [0.4, 0.5) is 0 Å². The van der Waals surface area contributed by atoms with E-state index in [0.29, 0.717) is 22.8 Å². The number of halogens is 1. The predicted octanol–water partition coefficient (Wildman–Crippen LogP) is 2.00. The van der Waals surface area contributed by atoms with Crippen LogP contribution in [0.3, 0.4) is 0 Å². The van der Waals surface area contributed by atoms with Gasteiger partial charge in [-0.2, -0.15) is 0 Å². The molecule has 1 N–H and O–H groups in total. The normalized spacial score (nSPS) is 19.9. The highest BCUT2D eigenvalue weighted by atomic mass is 79.9. The van der Waals surface area contributed by atoms with Crippen LogP contribution in [0.2, 0.25) is 0 Å². The molecule has 0 aliphatic carbocycles. The summed E-state index contributed by atoms with van der Waals surface area (Å²) in [4.78, 5) is 15.9. The summed E-state index contributed by atoms with van der Waals surface area (Å²) in [6.07, 6.45) is 2.20. The largest absolute Gasteiger partial charge is 0.381 e. The fourth-order valence-corrected chi connectivity index (χ4v) is 2.17. The summed E-state index contributed by atoms with van der Waals surface area (Å²) in [6, 6.07) is 5.30. The highest BCUT2D eigenvalue weighted by Crippen LogP contribution is 2.12. The minimum atomic E-state index is -0.128. The zero-order chi connectivity index (χ0) is 12.1. The molecule has 0 bridgehead atoms. The lowest BCUT2D eigenvalue weighted by molar-refractivity contribution is 0.0535. The first-order valence-corrected chi connectivity index (χ1v) is 6.53. The van der Waals surface area contributed by atoms with Gasteiger partial charge in [0.15, 0.2) is 0 Å². The second-order valence-electron chi connectivity index (χ2n) is 4.14. The second kappa shape index (κ2) is 6.12. The van der Waals surface area contributed by atoms with Gasteiger partial charge in [-0.05, 0) is 46.8 Å². The lowest BCUT2D eigenvalue weighted by Gasteiger charge is -2.22. The summed E-state index contributed by atoms with van der Waals surface area (Å²) in [6.45, 7) is 2.25. The van der Waals surface area contributed by atoms with E-state index in [9.17, 15) is 4.79 Å². The van der Waals surface area contributed by atoms with E-state index < -0.39 is 0 Å². The van der Waals surface area contributed by atoms with E-state index in [1.165, 1.54) is 0 Å². The molecule has 1 fully saturated rings. The van der Waals surface area contributed by atoms with Crippen molar-refractivity contribution in [1.29, 1.82) is 0 Å². The number of carbonyl (C=O) groups is 1. The van der Waals surface area contributed by atoms with Gasteiger partial charge in [-0.1, -0.05) is 6.07 Å². The molecule has 1 amide bonds. The molecule has 92 valence electrons. The number of hydrogen-bond acceptors (Lipinski definition) is 3. The fraction of sp³-hybridized carbons (Fsp3) is 0.500. The Morgan fingerprint density at radius 3 is 3.18 bits per heavy atom. The van der Waals surface area contributed by atoms with Crippen molar-refractivity contribution in [2.75, 3.05) is 19.8 Å². The van der Waals surface area contributed by atoms with Crippen molar-refractivity contribution in [1.82, 2.24) is 10.3 Å². The average Bonchev–Trinajstić information content (AvgIpc) is 2.37. The highest BCUT2D eigenvalue weighted by molar-refractivity contribution is 9.10. The van der Waals surface area contributed by atoms with Crippen molar-refractivity contribution < 1.29 is 9.53 Å². The number of ether oxygens (including phenoxy) is 1. The summed E-state index contributed by atoms with van der Waals surface area (Å²) in [5.74, 6) is 0.303. The minimum Gasteiger partial charge on any atom is -0.381 e. The van der Waals surface area contributed by atoms with Gasteiger partial charge < -0.3 is 10.1 Å². The first-order chi connectivity index (χ1) is 8.25. The molecule has 0 radical (unpaired) electrons. The van der Waals surface area contributed by atoms with Crippen LogP contribution in [0.25, 0.3) is 0 Å². The van der Waals surface area contributed by atoms with Crippen LogP contribution >= 0.6 is 15.9 Å². The molecular weight excluding hydrogens is 284 g/mol. The van der Waals surface area contributed by atoms with Crippen LogP contribution < -0.4 is 5.32 Å². The van der Waals surface area contributed by atoms with Crippen molar-refractivity contribution in [3.63, 3.8) is 0 Å². The zero-order valence-electron chi connectivity index (χ0n) is 9.49. The summed E-state index contributed by atoms with van der Waals surface area (Å²) in [5.41, 5.74) is 0.441. The van der Waals surface area contributed by atoms with Crippen LogP contribution in [-0.4, -0.2) is 30.6 Å². The van der Waals surface area contributed by atoms with E-state index in [2.05, 4.69) is 26.2 Å². The highest BCUT2D eigenvalue weighted by Gasteiger charge is 2.15. The SMILES string of the molecule is O=C(NCC1CCCOC1)c1cccc(Br)n1. The zero-order valence-corrected chi connectivity index (χ0v) is 11.1. The maximum Gasteiger partial charge on any atom is 0.269 e. The van der Waals surface area contributed by atoms with Crippen molar-refractivity contribution in [3.05, 3.63) is 28.5 Å². The van der Waals surface area contributed by atoms with Crippen molar-refractivity contribution in [3.8, 4) is 0 Å². The fourth-order valence-electron chi connectivity index (χ4n) is 1.83. The smallest absolute Gasteiger partial charge is 0.269 e. The maximum atomic E-state index is 11.8. The van der Waals surface area contributed by atoms with Crippen LogP contribution in [0.5, 0.6) is 0 Å². The number of nitrogens with zero attached hydrogens (tertiary/aromatic N) is 1. The third-order valence-corrected chi connectivity index (χ3v) is 3.20. The predicted molar refractivity (Wildman–Crippen MR) is 67.8 cm³/mol. The molecule has 4 nitrogen and oxygen atoms in total. The van der Waals surface area contributed by atoms with E-state index in [0.717, 1.165) is 26.1 Å². The average molecular weight is 299 g/mol. The van der Waals surface area contributed by atoms with Crippen molar-refractivity contribution >= 4 is 21.8 Å². The lowest BCUT2D eigenvalue weighted by atomic mass is 10.0. The third kappa shape index (κ3) is 3.78. The Morgan fingerprint density at radius 1 is 1.59 bits per heavy atom. The Labute approximate surface area is 109 Å². The maximum absolute atomic E-state index is 11.8. The molecule has 1 unspecified atom stereocenters. The molecule has 2 rings (SSSR count). The van der Waals surface area contributed by atoms with Crippen LogP contribution in [0, 0.1) is 5.92 Å². The number of nitrogens with one attached hydrogen (secondary N) is 1. The Bertz CT molecular complexity index is 392. The number of aromatic nitrogens is 1. The number of pyridine rings is 1. The van der Waals surface area contributed by atoms with Crippen LogP contribution in [0.1, 0.15) is 23.3 Å². The first kappa shape index (κ1) is 12.5. The van der Waals surface area contributed by atoms with E-state index in [1.807, 2.05) is 0 Å². The van der Waals surface area contributed by atoms with E-state index in [4.69, 9.17) is 4.74 Å². The number of amides is 1. The summed E-state index contributed by atoms with van der Waals surface area (Å²) in [5, 5.41) is 2.89. The van der Waals surface area contributed by atoms with Gasteiger partial charge in [-0.3, -0.25) is 4.79 Å². The second-order valence-corrected chi connectivity index (χ2v) is 4.95.